The molecule has 0 bridgehead atoms. The van der Waals surface area contributed by atoms with Crippen LogP contribution in [0.25, 0.3) is 0 Å². The molecule has 1 rings (SSSR count). The summed E-state index contributed by atoms with van der Waals surface area (Å²) in [5.41, 5.74) is -1.13. The molecule has 0 aromatic rings. The van der Waals surface area contributed by atoms with E-state index >= 15 is 0 Å². The van der Waals surface area contributed by atoms with Crippen molar-refractivity contribution in [1.29, 1.82) is 0 Å². The highest BCUT2D eigenvalue weighted by Crippen LogP contribution is 2.50. The van der Waals surface area contributed by atoms with Gasteiger partial charge in [0.2, 0.25) is 0 Å². The summed E-state index contributed by atoms with van der Waals surface area (Å²) >= 11 is 0. The average Bonchev–Trinajstić information content (AvgIpc) is 2.53. The van der Waals surface area contributed by atoms with Crippen molar-refractivity contribution in [2.75, 3.05) is 6.61 Å². The van der Waals surface area contributed by atoms with Crippen LogP contribution in [0, 0.1) is 5.41 Å². The second-order valence-electron chi connectivity index (χ2n) is 5.21. The van der Waals surface area contributed by atoms with Gasteiger partial charge in [0, 0.05) is 0 Å². The number of rotatable bonds is 3. The van der Waals surface area contributed by atoms with Crippen LogP contribution in [0.5, 0.6) is 0 Å². The van der Waals surface area contributed by atoms with E-state index in [1.54, 1.807) is 6.92 Å². The van der Waals surface area contributed by atoms with Crippen molar-refractivity contribution in [3.05, 3.63) is 0 Å². The molecule has 118 valence electrons. The Morgan fingerprint density at radius 3 is 2.25 bits per heavy atom. The maximum atomic E-state index is 13.6. The fourth-order valence-electron chi connectivity index (χ4n) is 1.43. The van der Waals surface area contributed by atoms with Gasteiger partial charge >= 0.3 is 23.9 Å². The Kier molecular flexibility index (Phi) is 4.10. The first kappa shape index (κ1) is 17.1. The van der Waals surface area contributed by atoms with E-state index in [0.717, 1.165) is 0 Å². The van der Waals surface area contributed by atoms with Gasteiger partial charge in [0.1, 0.15) is 0 Å². The minimum absolute atomic E-state index is 0.245. The van der Waals surface area contributed by atoms with Crippen molar-refractivity contribution >= 4 is 5.97 Å². The molecule has 0 saturated carbocycles. The Labute approximate surface area is 111 Å². The van der Waals surface area contributed by atoms with Crippen LogP contribution in [0.15, 0.2) is 0 Å². The second kappa shape index (κ2) is 4.80. The van der Waals surface area contributed by atoms with E-state index < -0.39 is 42.0 Å². The van der Waals surface area contributed by atoms with Crippen LogP contribution in [0.1, 0.15) is 27.2 Å². The monoisotopic (exact) mass is 306 g/mol. The van der Waals surface area contributed by atoms with Gasteiger partial charge in [0.05, 0.1) is 12.0 Å². The minimum Gasteiger partial charge on any atom is -0.453 e. The number of carbonyl (C=O) groups is 1. The molecule has 1 saturated heterocycles. The molecule has 0 spiro atoms. The van der Waals surface area contributed by atoms with Crippen molar-refractivity contribution in [2.24, 2.45) is 5.41 Å². The van der Waals surface area contributed by atoms with Gasteiger partial charge in [-0.15, -0.1) is 0 Å². The molecule has 2 atom stereocenters. The highest BCUT2D eigenvalue weighted by Gasteiger charge is 2.78. The Hall–Kier alpha value is -0.960. The quantitative estimate of drug-likeness (QED) is 0.642. The predicted octanol–water partition coefficient (Wildman–Crippen LogP) is 2.25. The van der Waals surface area contributed by atoms with Crippen molar-refractivity contribution in [1.82, 2.24) is 0 Å². The molecular weight excluding hydrogens is 291 g/mol. The first-order valence-corrected chi connectivity index (χ1v) is 5.81. The third-order valence-electron chi connectivity index (χ3n) is 3.37. The number of ether oxygens (including phenoxy) is 2. The van der Waals surface area contributed by atoms with Gasteiger partial charge in [-0.2, -0.15) is 22.0 Å². The summed E-state index contributed by atoms with van der Waals surface area (Å²) in [4.78, 5) is 11.6. The van der Waals surface area contributed by atoms with Gasteiger partial charge in [0.15, 0.2) is 6.10 Å². The van der Waals surface area contributed by atoms with Crippen molar-refractivity contribution < 1.29 is 41.3 Å². The summed E-state index contributed by atoms with van der Waals surface area (Å²) in [6.45, 7) is 3.16. The molecule has 1 aliphatic rings. The van der Waals surface area contributed by atoms with Crippen LogP contribution in [0.3, 0.4) is 0 Å². The number of esters is 1. The molecule has 1 aliphatic heterocycles. The first-order valence-electron chi connectivity index (χ1n) is 5.81. The van der Waals surface area contributed by atoms with E-state index in [9.17, 15) is 26.7 Å². The number of carbonyl (C=O) groups excluding carboxylic acids is 1. The average molecular weight is 306 g/mol. The van der Waals surface area contributed by atoms with Gasteiger partial charge in [-0.1, -0.05) is 6.92 Å². The van der Waals surface area contributed by atoms with Crippen molar-refractivity contribution in [3.8, 4) is 0 Å². The third-order valence-corrected chi connectivity index (χ3v) is 3.37. The smallest absolute Gasteiger partial charge is 0.449 e. The lowest BCUT2D eigenvalue weighted by Crippen LogP contribution is -2.59. The summed E-state index contributed by atoms with van der Waals surface area (Å²) < 4.78 is 72.8. The van der Waals surface area contributed by atoms with Crippen LogP contribution in [0.2, 0.25) is 0 Å². The lowest BCUT2D eigenvalue weighted by molar-refractivity contribution is -0.405. The normalized spacial score (nSPS) is 30.4. The molecule has 0 aromatic heterocycles. The molecule has 2 unspecified atom stereocenters. The van der Waals surface area contributed by atoms with Gasteiger partial charge in [0.25, 0.3) is 0 Å². The summed E-state index contributed by atoms with van der Waals surface area (Å²) in [5.74, 6) is -10.5. The number of aliphatic hydroxyl groups is 1. The molecule has 0 radical (unpaired) electrons. The molecule has 1 N–H and O–H groups in total. The predicted molar refractivity (Wildman–Crippen MR) is 55.9 cm³/mol. The zero-order valence-corrected chi connectivity index (χ0v) is 11.1. The fraction of sp³-hybridized carbons (Fsp3) is 0.909. The molecular formula is C11H15F5O4. The number of hydrogen-bond acceptors (Lipinski definition) is 4. The molecule has 1 fully saturated rings. The lowest BCUT2D eigenvalue weighted by atomic mass is 9.90. The van der Waals surface area contributed by atoms with Gasteiger partial charge in [-0.05, 0) is 20.3 Å². The van der Waals surface area contributed by atoms with E-state index in [0.29, 0.717) is 0 Å². The maximum Gasteiger partial charge on any atom is 0.449 e. The number of alkyl halides is 5. The number of hydrogen-bond donors (Lipinski definition) is 1. The Bertz CT molecular complexity index is 393. The highest BCUT2D eigenvalue weighted by molar-refractivity contribution is 5.76. The highest BCUT2D eigenvalue weighted by atomic mass is 19.4. The lowest BCUT2D eigenvalue weighted by Gasteiger charge is -2.32. The van der Waals surface area contributed by atoms with Crippen molar-refractivity contribution in [3.63, 3.8) is 0 Å². The molecule has 4 nitrogen and oxygen atoms in total. The standard InChI is InChI=1S/C11H15F5O4/c1-4-8(2,3)7(17)20-6-5-19-10(18,9(6,12)13)11(14,15)16/h6,18H,4-5H2,1-3H3. The molecule has 9 heteroatoms. The van der Waals surface area contributed by atoms with E-state index in [4.69, 9.17) is 5.11 Å². The Morgan fingerprint density at radius 1 is 1.40 bits per heavy atom. The third kappa shape index (κ3) is 2.48. The number of halogens is 5. The van der Waals surface area contributed by atoms with E-state index in [-0.39, 0.29) is 6.42 Å². The Balaban J connectivity index is 2.95. The molecule has 0 aliphatic carbocycles. The van der Waals surface area contributed by atoms with Crippen molar-refractivity contribution in [2.45, 2.75) is 51.2 Å². The largest absolute Gasteiger partial charge is 0.453 e. The molecule has 20 heavy (non-hydrogen) atoms. The summed E-state index contributed by atoms with van der Waals surface area (Å²) in [7, 11) is 0. The topological polar surface area (TPSA) is 55.8 Å². The Morgan fingerprint density at radius 2 is 1.90 bits per heavy atom. The molecule has 0 amide bonds. The van der Waals surface area contributed by atoms with Crippen LogP contribution in [-0.4, -0.2) is 41.7 Å². The second-order valence-corrected chi connectivity index (χ2v) is 5.21. The van der Waals surface area contributed by atoms with Crippen LogP contribution in [-0.2, 0) is 14.3 Å². The first-order chi connectivity index (χ1) is 8.79. The van der Waals surface area contributed by atoms with E-state index in [1.165, 1.54) is 13.8 Å². The van der Waals surface area contributed by atoms with Crippen LogP contribution in [0.4, 0.5) is 22.0 Å². The van der Waals surface area contributed by atoms with E-state index in [2.05, 4.69) is 9.47 Å². The zero-order chi connectivity index (χ0) is 16.0. The maximum absolute atomic E-state index is 13.6. The fourth-order valence-corrected chi connectivity index (χ4v) is 1.43. The minimum atomic E-state index is -5.71. The summed E-state index contributed by atoms with van der Waals surface area (Å²) in [5, 5.41) is 9.01. The van der Waals surface area contributed by atoms with Gasteiger partial charge < -0.3 is 14.6 Å². The van der Waals surface area contributed by atoms with Gasteiger partial charge in [-0.25, -0.2) is 0 Å². The zero-order valence-electron chi connectivity index (χ0n) is 11.1. The van der Waals surface area contributed by atoms with Crippen LogP contribution >= 0.6 is 0 Å². The molecule has 0 aromatic carbocycles. The van der Waals surface area contributed by atoms with Gasteiger partial charge in [-0.3, -0.25) is 4.79 Å². The SMILES string of the molecule is CCC(C)(C)C(=O)OC1COC(O)(C(F)(F)F)C1(F)F. The van der Waals surface area contributed by atoms with E-state index in [1.807, 2.05) is 0 Å². The molecule has 1 heterocycles. The van der Waals surface area contributed by atoms with Crippen LogP contribution < -0.4 is 0 Å². The summed E-state index contributed by atoms with van der Waals surface area (Å²) in [6.07, 6.45) is -7.96. The summed E-state index contributed by atoms with van der Waals surface area (Å²) in [6, 6.07) is 0.